The molecule has 1 heterocycles. The van der Waals surface area contributed by atoms with E-state index in [1.165, 1.54) is 0 Å². The lowest BCUT2D eigenvalue weighted by atomic mass is 9.88. The Morgan fingerprint density at radius 3 is 2.41 bits per heavy atom. The first-order chi connectivity index (χ1) is 7.75. The Kier molecular flexibility index (Phi) is 3.91. The minimum Gasteiger partial charge on any atom is -0.298 e. The largest absolute Gasteiger partial charge is 0.298 e. The van der Waals surface area contributed by atoms with Crippen LogP contribution in [0, 0.1) is 5.92 Å². The van der Waals surface area contributed by atoms with Gasteiger partial charge in [0, 0.05) is 24.2 Å². The van der Waals surface area contributed by atoms with Gasteiger partial charge in [-0.1, -0.05) is 34.6 Å². The molecular weight excluding hydrogens is 212 g/mol. The number of aryl methyl sites for hydroxylation is 1. The van der Waals surface area contributed by atoms with E-state index in [2.05, 4.69) is 25.9 Å². The molecule has 0 N–H and O–H groups in total. The normalized spacial score (nSPS) is 13.2. The van der Waals surface area contributed by atoms with Gasteiger partial charge in [0.25, 0.3) is 0 Å². The molecule has 0 spiro atoms. The van der Waals surface area contributed by atoms with E-state index < -0.39 is 0 Å². The fourth-order valence-corrected chi connectivity index (χ4v) is 1.71. The molecule has 0 aromatic carbocycles. The number of rotatable bonds is 3. The fourth-order valence-electron chi connectivity index (χ4n) is 1.71. The first-order valence-corrected chi connectivity index (χ1v) is 5.96. The maximum Gasteiger partial charge on any atom is 0.146 e. The molecule has 0 saturated carbocycles. The third-order valence-corrected chi connectivity index (χ3v) is 2.69. The lowest BCUT2D eigenvalue weighted by molar-refractivity contribution is -0.105. The second-order valence-electron chi connectivity index (χ2n) is 5.77. The average Bonchev–Trinajstić information content (AvgIpc) is 2.55. The Bertz CT molecular complexity index is 434. The Labute approximate surface area is 104 Å². The molecule has 0 atom stereocenters. The van der Waals surface area contributed by atoms with E-state index >= 15 is 0 Å². The van der Waals surface area contributed by atoms with Crippen LogP contribution >= 0.6 is 0 Å². The molecule has 0 radical (unpaired) electrons. The highest BCUT2D eigenvalue weighted by atomic mass is 16.1. The van der Waals surface area contributed by atoms with Gasteiger partial charge in [0.15, 0.2) is 0 Å². The highest BCUT2D eigenvalue weighted by Gasteiger charge is 2.21. The van der Waals surface area contributed by atoms with Crippen LogP contribution in [0.4, 0.5) is 0 Å². The Balaban J connectivity index is 3.27. The van der Waals surface area contributed by atoms with Gasteiger partial charge in [0.2, 0.25) is 0 Å². The minimum atomic E-state index is -0.0158. The van der Waals surface area contributed by atoms with Gasteiger partial charge in [0.1, 0.15) is 6.29 Å². The van der Waals surface area contributed by atoms with Gasteiger partial charge in [-0.2, -0.15) is 5.10 Å². The van der Waals surface area contributed by atoms with Crippen LogP contribution in [-0.4, -0.2) is 16.1 Å². The molecule has 17 heavy (non-hydrogen) atoms. The lowest BCUT2D eigenvalue weighted by Gasteiger charge is -2.16. The molecular formula is C14H22N2O. The third-order valence-electron chi connectivity index (χ3n) is 2.69. The summed E-state index contributed by atoms with van der Waals surface area (Å²) in [7, 11) is 1.91. The van der Waals surface area contributed by atoms with Gasteiger partial charge in [0.05, 0.1) is 5.69 Å². The van der Waals surface area contributed by atoms with Gasteiger partial charge in [-0.15, -0.1) is 0 Å². The Morgan fingerprint density at radius 2 is 2.00 bits per heavy atom. The van der Waals surface area contributed by atoms with Crippen molar-refractivity contribution in [1.29, 1.82) is 0 Å². The molecule has 0 amide bonds. The van der Waals surface area contributed by atoms with E-state index in [9.17, 15) is 4.79 Å². The molecule has 94 valence electrons. The average molecular weight is 234 g/mol. The maximum absolute atomic E-state index is 11.0. The van der Waals surface area contributed by atoms with E-state index in [0.29, 0.717) is 0 Å². The van der Waals surface area contributed by atoms with Gasteiger partial charge in [-0.3, -0.25) is 9.48 Å². The van der Waals surface area contributed by atoms with Crippen LogP contribution in [0.1, 0.15) is 45.9 Å². The molecule has 1 aromatic rings. The van der Waals surface area contributed by atoms with Crippen LogP contribution in [0.5, 0.6) is 0 Å². The number of carbonyl (C=O) groups is 1. The Morgan fingerprint density at radius 1 is 1.41 bits per heavy atom. The van der Waals surface area contributed by atoms with Crippen molar-refractivity contribution in [3.8, 4) is 0 Å². The predicted molar refractivity (Wildman–Crippen MR) is 70.8 cm³/mol. The molecule has 1 rings (SSSR count). The molecule has 3 nitrogen and oxygen atoms in total. The highest BCUT2D eigenvalue weighted by molar-refractivity contribution is 5.82. The monoisotopic (exact) mass is 234 g/mol. The minimum absolute atomic E-state index is 0.0158. The second-order valence-corrected chi connectivity index (χ2v) is 5.77. The van der Waals surface area contributed by atoms with Crippen LogP contribution in [-0.2, 0) is 17.3 Å². The molecule has 0 bridgehead atoms. The summed E-state index contributed by atoms with van der Waals surface area (Å²) in [6, 6.07) is 0. The molecule has 1 aromatic heterocycles. The number of hydrogen-bond acceptors (Lipinski definition) is 2. The summed E-state index contributed by atoms with van der Waals surface area (Å²) in [5.41, 5.74) is 2.86. The van der Waals surface area contributed by atoms with Crippen LogP contribution in [0.3, 0.4) is 0 Å². The standard InChI is InChI=1S/C14H22N2O/c1-10(2)12(9-17)7-11-8-16(6)15-13(11)14(3,4)5/h7-10H,1-6H3. The SMILES string of the molecule is CC(C)C(C=O)=Cc1cn(C)nc1C(C)(C)C. The quantitative estimate of drug-likeness (QED) is 0.595. The van der Waals surface area contributed by atoms with Crippen LogP contribution in [0.25, 0.3) is 6.08 Å². The summed E-state index contributed by atoms with van der Waals surface area (Å²) < 4.78 is 1.80. The molecule has 0 aliphatic rings. The number of allylic oxidation sites excluding steroid dienone is 1. The van der Waals surface area contributed by atoms with E-state index in [4.69, 9.17) is 0 Å². The molecule has 0 aliphatic carbocycles. The molecule has 0 saturated heterocycles. The lowest BCUT2D eigenvalue weighted by Crippen LogP contribution is -2.14. The molecule has 3 heteroatoms. The first kappa shape index (κ1) is 13.7. The van der Waals surface area contributed by atoms with Gasteiger partial charge >= 0.3 is 0 Å². The summed E-state index contributed by atoms with van der Waals surface area (Å²) in [6.07, 6.45) is 4.85. The summed E-state index contributed by atoms with van der Waals surface area (Å²) >= 11 is 0. The zero-order valence-electron chi connectivity index (χ0n) is 11.6. The number of aldehydes is 1. The molecule has 0 fully saturated rings. The van der Waals surface area contributed by atoms with E-state index in [1.807, 2.05) is 33.2 Å². The summed E-state index contributed by atoms with van der Waals surface area (Å²) in [5.74, 6) is 0.237. The second kappa shape index (κ2) is 4.86. The number of nitrogens with zero attached hydrogens (tertiary/aromatic N) is 2. The van der Waals surface area contributed by atoms with Crippen LogP contribution < -0.4 is 0 Å². The third kappa shape index (κ3) is 3.29. The van der Waals surface area contributed by atoms with E-state index in [1.54, 1.807) is 4.68 Å². The van der Waals surface area contributed by atoms with Gasteiger partial charge in [-0.05, 0) is 17.6 Å². The highest BCUT2D eigenvalue weighted by Crippen LogP contribution is 2.26. The number of aromatic nitrogens is 2. The van der Waals surface area contributed by atoms with Crippen molar-refractivity contribution >= 4 is 12.4 Å². The van der Waals surface area contributed by atoms with Crippen molar-refractivity contribution in [2.24, 2.45) is 13.0 Å². The molecule has 0 aliphatic heterocycles. The number of hydrogen-bond donors (Lipinski definition) is 0. The first-order valence-electron chi connectivity index (χ1n) is 5.96. The maximum atomic E-state index is 11.0. The van der Waals surface area contributed by atoms with Crippen molar-refractivity contribution in [2.45, 2.75) is 40.0 Å². The van der Waals surface area contributed by atoms with Gasteiger partial charge < -0.3 is 0 Å². The summed E-state index contributed by atoms with van der Waals surface area (Å²) in [5, 5.41) is 4.48. The van der Waals surface area contributed by atoms with Crippen LogP contribution in [0.15, 0.2) is 11.8 Å². The zero-order chi connectivity index (χ0) is 13.2. The fraction of sp³-hybridized carbons (Fsp3) is 0.571. The zero-order valence-corrected chi connectivity index (χ0v) is 11.6. The van der Waals surface area contributed by atoms with Crippen molar-refractivity contribution in [1.82, 2.24) is 9.78 Å². The van der Waals surface area contributed by atoms with Crippen LogP contribution in [0.2, 0.25) is 0 Å². The summed E-state index contributed by atoms with van der Waals surface area (Å²) in [6.45, 7) is 10.4. The van der Waals surface area contributed by atoms with E-state index in [-0.39, 0.29) is 11.3 Å². The van der Waals surface area contributed by atoms with E-state index in [0.717, 1.165) is 23.1 Å². The van der Waals surface area contributed by atoms with Crippen molar-refractivity contribution in [3.05, 3.63) is 23.0 Å². The smallest absolute Gasteiger partial charge is 0.146 e. The van der Waals surface area contributed by atoms with Gasteiger partial charge in [-0.25, -0.2) is 0 Å². The van der Waals surface area contributed by atoms with Crippen molar-refractivity contribution in [2.75, 3.05) is 0 Å². The van der Waals surface area contributed by atoms with Crippen molar-refractivity contribution in [3.63, 3.8) is 0 Å². The Hall–Kier alpha value is -1.38. The van der Waals surface area contributed by atoms with Crippen molar-refractivity contribution < 1.29 is 4.79 Å². The molecule has 0 unspecified atom stereocenters. The number of carbonyl (C=O) groups excluding carboxylic acids is 1. The topological polar surface area (TPSA) is 34.9 Å². The predicted octanol–water partition coefficient (Wildman–Crippen LogP) is 2.96. The summed E-state index contributed by atoms with van der Waals surface area (Å²) in [4.78, 5) is 11.0.